The Hall–Kier alpha value is -3.13. The number of ether oxygens (including phenoxy) is 2. The van der Waals surface area contributed by atoms with Gasteiger partial charge in [0.2, 0.25) is 0 Å². The van der Waals surface area contributed by atoms with Crippen LogP contribution in [0.2, 0.25) is 5.02 Å². The number of nitro groups is 1. The smallest absolute Gasteiger partial charge is 0.270 e. The van der Waals surface area contributed by atoms with Gasteiger partial charge in [-0.15, -0.1) is 0 Å². The summed E-state index contributed by atoms with van der Waals surface area (Å²) in [6.07, 6.45) is 1.57. The summed E-state index contributed by atoms with van der Waals surface area (Å²) in [5.41, 5.74) is 1.46. The van der Waals surface area contributed by atoms with Crippen LogP contribution in [0.25, 0.3) is 11.4 Å². The number of benzene rings is 2. The van der Waals surface area contributed by atoms with Gasteiger partial charge in [-0.3, -0.25) is 10.1 Å². The highest BCUT2D eigenvalue weighted by Gasteiger charge is 2.17. The van der Waals surface area contributed by atoms with Crippen LogP contribution in [0, 0.1) is 10.1 Å². The molecule has 0 atom stereocenters. The van der Waals surface area contributed by atoms with E-state index in [0.29, 0.717) is 47.7 Å². The van der Waals surface area contributed by atoms with E-state index in [-0.39, 0.29) is 5.69 Å². The Bertz CT molecular complexity index is 989. The lowest BCUT2D eigenvalue weighted by molar-refractivity contribution is -0.384. The molecule has 2 aromatic carbocycles. The van der Waals surface area contributed by atoms with Gasteiger partial charge in [-0.2, -0.15) is 5.10 Å². The van der Waals surface area contributed by atoms with Crippen LogP contribution in [-0.2, 0) is 6.54 Å². The minimum atomic E-state index is -0.447. The number of aromatic nitrogens is 3. The summed E-state index contributed by atoms with van der Waals surface area (Å²) in [4.78, 5) is 14.7. The van der Waals surface area contributed by atoms with Crippen molar-refractivity contribution >= 4 is 17.3 Å². The number of halogens is 1. The van der Waals surface area contributed by atoms with Crippen molar-refractivity contribution in [3.05, 3.63) is 63.4 Å². The lowest BCUT2D eigenvalue weighted by Crippen LogP contribution is -2.16. The molecule has 0 radical (unpaired) electrons. The molecule has 8 nitrogen and oxygen atoms in total. The molecule has 9 heteroatoms. The minimum Gasteiger partial charge on any atom is -0.486 e. The molecule has 0 bridgehead atoms. The molecule has 0 aliphatic carbocycles. The fourth-order valence-corrected chi connectivity index (χ4v) is 2.99. The molecular weight excluding hydrogens is 360 g/mol. The zero-order chi connectivity index (χ0) is 18.1. The van der Waals surface area contributed by atoms with Crippen molar-refractivity contribution in [1.29, 1.82) is 0 Å². The van der Waals surface area contributed by atoms with Crippen molar-refractivity contribution in [2.45, 2.75) is 6.54 Å². The first-order chi connectivity index (χ1) is 12.6. The van der Waals surface area contributed by atoms with Crippen LogP contribution in [-0.4, -0.2) is 32.9 Å². The van der Waals surface area contributed by atoms with Crippen LogP contribution >= 0.6 is 11.6 Å². The third-order valence-corrected chi connectivity index (χ3v) is 4.13. The second kappa shape index (κ2) is 6.64. The second-order valence-corrected chi connectivity index (χ2v) is 6.08. The number of fused-ring (bicyclic) bond motifs is 1. The van der Waals surface area contributed by atoms with Crippen LogP contribution in [0.15, 0.2) is 42.7 Å². The average molecular weight is 373 g/mol. The van der Waals surface area contributed by atoms with Gasteiger partial charge in [0.15, 0.2) is 17.3 Å². The molecule has 3 aromatic rings. The summed E-state index contributed by atoms with van der Waals surface area (Å²) in [6.45, 7) is 1.38. The Labute approximate surface area is 153 Å². The topological polar surface area (TPSA) is 92.3 Å². The third-order valence-electron chi connectivity index (χ3n) is 3.85. The molecule has 0 amide bonds. The molecule has 26 heavy (non-hydrogen) atoms. The summed E-state index contributed by atoms with van der Waals surface area (Å²) in [5.74, 6) is 1.58. The Balaban J connectivity index is 1.58. The SMILES string of the molecule is O=[N+]([O-])c1cccc(-c2ncn(Cc3cc(Cl)c4c(c3)OCCO4)n2)c1. The van der Waals surface area contributed by atoms with Crippen molar-refractivity contribution in [3.63, 3.8) is 0 Å². The number of rotatable bonds is 4. The van der Waals surface area contributed by atoms with E-state index >= 15 is 0 Å². The largest absolute Gasteiger partial charge is 0.486 e. The monoisotopic (exact) mass is 372 g/mol. The van der Waals surface area contributed by atoms with Gasteiger partial charge in [0, 0.05) is 17.7 Å². The number of nitro benzene ring substituents is 1. The van der Waals surface area contributed by atoms with E-state index < -0.39 is 4.92 Å². The van der Waals surface area contributed by atoms with E-state index in [0.717, 1.165) is 5.56 Å². The number of nitrogens with zero attached hydrogens (tertiary/aromatic N) is 4. The molecule has 0 saturated carbocycles. The molecule has 0 saturated heterocycles. The van der Waals surface area contributed by atoms with Crippen LogP contribution in [0.4, 0.5) is 5.69 Å². The molecule has 2 heterocycles. The van der Waals surface area contributed by atoms with Gasteiger partial charge in [-0.05, 0) is 17.7 Å². The Morgan fingerprint density at radius 2 is 2.08 bits per heavy atom. The highest BCUT2D eigenvalue weighted by atomic mass is 35.5. The van der Waals surface area contributed by atoms with Crippen LogP contribution in [0.5, 0.6) is 11.5 Å². The summed E-state index contributed by atoms with van der Waals surface area (Å²) >= 11 is 6.25. The molecule has 4 rings (SSSR count). The van der Waals surface area contributed by atoms with Gasteiger partial charge >= 0.3 is 0 Å². The number of non-ortho nitro benzene ring substituents is 1. The first-order valence-electron chi connectivity index (χ1n) is 7.82. The van der Waals surface area contributed by atoms with Crippen LogP contribution in [0.3, 0.4) is 0 Å². The Kier molecular flexibility index (Phi) is 4.18. The molecule has 0 fully saturated rings. The molecule has 0 spiro atoms. The highest BCUT2D eigenvalue weighted by molar-refractivity contribution is 6.32. The third kappa shape index (κ3) is 3.18. The lowest BCUT2D eigenvalue weighted by Gasteiger charge is -2.20. The van der Waals surface area contributed by atoms with Gasteiger partial charge in [0.25, 0.3) is 5.69 Å². The molecule has 0 N–H and O–H groups in total. The molecule has 1 aliphatic rings. The fraction of sp³-hybridized carbons (Fsp3) is 0.176. The van der Waals surface area contributed by atoms with Crippen molar-refractivity contribution in [2.24, 2.45) is 0 Å². The molecule has 1 aromatic heterocycles. The van der Waals surface area contributed by atoms with Gasteiger partial charge < -0.3 is 9.47 Å². The van der Waals surface area contributed by atoms with Gasteiger partial charge in [-0.25, -0.2) is 9.67 Å². The van der Waals surface area contributed by atoms with Crippen LogP contribution in [0.1, 0.15) is 5.56 Å². The van der Waals surface area contributed by atoms with E-state index in [1.165, 1.54) is 12.1 Å². The Morgan fingerprint density at radius 3 is 2.92 bits per heavy atom. The number of hydrogen-bond donors (Lipinski definition) is 0. The summed E-state index contributed by atoms with van der Waals surface area (Å²) in [7, 11) is 0. The van der Waals surface area contributed by atoms with Crippen molar-refractivity contribution in [2.75, 3.05) is 13.2 Å². The number of hydrogen-bond acceptors (Lipinski definition) is 6. The second-order valence-electron chi connectivity index (χ2n) is 5.68. The fourth-order valence-electron chi connectivity index (χ4n) is 2.70. The molecule has 0 unspecified atom stereocenters. The maximum atomic E-state index is 10.9. The summed E-state index contributed by atoms with van der Waals surface area (Å²) in [5, 5.41) is 15.8. The zero-order valence-corrected chi connectivity index (χ0v) is 14.2. The van der Waals surface area contributed by atoms with Gasteiger partial charge in [0.1, 0.15) is 19.5 Å². The maximum absolute atomic E-state index is 10.9. The molecular formula is C17H13ClN4O4. The first-order valence-corrected chi connectivity index (χ1v) is 8.20. The summed E-state index contributed by atoms with van der Waals surface area (Å²) < 4.78 is 12.7. The molecule has 1 aliphatic heterocycles. The first kappa shape index (κ1) is 16.3. The predicted octanol–water partition coefficient (Wildman–Crippen LogP) is 3.33. The Morgan fingerprint density at radius 1 is 1.23 bits per heavy atom. The molecule has 132 valence electrons. The van der Waals surface area contributed by atoms with Crippen LogP contribution < -0.4 is 9.47 Å². The lowest BCUT2D eigenvalue weighted by atomic mass is 10.2. The van der Waals surface area contributed by atoms with E-state index in [9.17, 15) is 10.1 Å². The predicted molar refractivity (Wildman–Crippen MR) is 93.7 cm³/mol. The minimum absolute atomic E-state index is 0.00234. The standard InChI is InChI=1S/C17H13ClN4O4/c18-14-6-11(7-15-16(14)26-5-4-25-15)9-21-10-19-17(20-21)12-2-1-3-13(8-12)22(23)24/h1-3,6-8,10H,4-5,9H2. The van der Waals surface area contributed by atoms with Crippen molar-refractivity contribution in [1.82, 2.24) is 14.8 Å². The maximum Gasteiger partial charge on any atom is 0.270 e. The van der Waals surface area contributed by atoms with Crippen molar-refractivity contribution in [3.8, 4) is 22.9 Å². The summed E-state index contributed by atoms with van der Waals surface area (Å²) in [6, 6.07) is 9.86. The van der Waals surface area contributed by atoms with E-state index in [1.807, 2.05) is 6.07 Å². The quantitative estimate of drug-likeness (QED) is 0.515. The zero-order valence-electron chi connectivity index (χ0n) is 13.5. The van der Waals surface area contributed by atoms with Gasteiger partial charge in [0.05, 0.1) is 16.5 Å². The van der Waals surface area contributed by atoms with E-state index in [2.05, 4.69) is 10.1 Å². The van der Waals surface area contributed by atoms with E-state index in [1.54, 1.807) is 29.2 Å². The average Bonchev–Trinajstić information content (AvgIpc) is 3.10. The normalized spacial score (nSPS) is 12.8. The highest BCUT2D eigenvalue weighted by Crippen LogP contribution is 2.38. The van der Waals surface area contributed by atoms with Gasteiger partial charge in [-0.1, -0.05) is 23.7 Å². The van der Waals surface area contributed by atoms with E-state index in [4.69, 9.17) is 21.1 Å². The van der Waals surface area contributed by atoms with Crippen molar-refractivity contribution < 1.29 is 14.4 Å².